The van der Waals surface area contributed by atoms with Crippen LogP contribution in [0.15, 0.2) is 57.2 Å². The molecule has 0 saturated carbocycles. The lowest BCUT2D eigenvalue weighted by Crippen LogP contribution is -2.09. The van der Waals surface area contributed by atoms with E-state index in [-0.39, 0.29) is 5.56 Å². The van der Waals surface area contributed by atoms with Gasteiger partial charge in [-0.3, -0.25) is 4.79 Å². The highest BCUT2D eigenvalue weighted by Crippen LogP contribution is 2.38. The normalized spacial score (nSPS) is 11.5. The van der Waals surface area contributed by atoms with Gasteiger partial charge < -0.3 is 4.98 Å². The second-order valence-corrected chi connectivity index (χ2v) is 9.05. The van der Waals surface area contributed by atoms with Crippen molar-refractivity contribution in [1.82, 2.24) is 19.9 Å². The molecule has 5 rings (SSSR count). The molecule has 0 aliphatic heterocycles. The van der Waals surface area contributed by atoms with Crippen molar-refractivity contribution in [3.8, 4) is 11.1 Å². The highest BCUT2D eigenvalue weighted by molar-refractivity contribution is 7.98. The molecule has 0 saturated heterocycles. The third kappa shape index (κ3) is 3.13. The zero-order valence-electron chi connectivity index (χ0n) is 14.8. The van der Waals surface area contributed by atoms with Crippen LogP contribution in [0.4, 0.5) is 0 Å². The molecule has 138 valence electrons. The van der Waals surface area contributed by atoms with Crippen LogP contribution in [0.25, 0.3) is 31.6 Å². The lowest BCUT2D eigenvalue weighted by atomic mass is 10.1. The molecule has 0 unspecified atom stereocenters. The van der Waals surface area contributed by atoms with E-state index >= 15 is 0 Å². The molecule has 0 bridgehead atoms. The summed E-state index contributed by atoms with van der Waals surface area (Å²) >= 11 is 4.59. The summed E-state index contributed by atoms with van der Waals surface area (Å²) in [5.41, 5.74) is 4.18. The van der Waals surface area contributed by atoms with Gasteiger partial charge in [0.1, 0.15) is 26.7 Å². The fourth-order valence-electron chi connectivity index (χ4n) is 3.03. The summed E-state index contributed by atoms with van der Waals surface area (Å²) in [5, 5.41) is 5.97. The van der Waals surface area contributed by atoms with Crippen molar-refractivity contribution in [2.24, 2.45) is 0 Å². The van der Waals surface area contributed by atoms with E-state index in [1.54, 1.807) is 29.4 Å². The molecule has 8 heteroatoms. The molecule has 4 aromatic heterocycles. The van der Waals surface area contributed by atoms with Crippen LogP contribution in [-0.4, -0.2) is 19.9 Å². The smallest absolute Gasteiger partial charge is 0.268 e. The van der Waals surface area contributed by atoms with E-state index in [1.807, 2.05) is 11.4 Å². The highest BCUT2D eigenvalue weighted by Gasteiger charge is 2.14. The number of nitrogens with one attached hydrogen (secondary N) is 1. The number of hydrogen-bond acceptors (Lipinski definition) is 7. The van der Waals surface area contributed by atoms with E-state index < -0.39 is 0 Å². The van der Waals surface area contributed by atoms with Crippen molar-refractivity contribution in [2.75, 3.05) is 0 Å². The Morgan fingerprint density at radius 3 is 2.82 bits per heavy atom. The Morgan fingerprint density at radius 1 is 1.11 bits per heavy atom. The number of thioether (sulfide) groups is 1. The van der Waals surface area contributed by atoms with Gasteiger partial charge in [-0.25, -0.2) is 15.0 Å². The molecule has 0 aliphatic carbocycles. The van der Waals surface area contributed by atoms with Crippen molar-refractivity contribution < 1.29 is 0 Å². The van der Waals surface area contributed by atoms with Crippen LogP contribution in [0, 0.1) is 6.92 Å². The quantitative estimate of drug-likeness (QED) is 0.316. The van der Waals surface area contributed by atoms with Crippen LogP contribution in [0.2, 0.25) is 0 Å². The number of rotatable bonds is 4. The van der Waals surface area contributed by atoms with Crippen molar-refractivity contribution >= 4 is 54.9 Å². The second-order valence-electron chi connectivity index (χ2n) is 6.31. The molecule has 0 aliphatic rings. The fraction of sp³-hybridized carbons (Fsp3) is 0.100. The lowest BCUT2D eigenvalue weighted by molar-refractivity contribution is 1.04. The second kappa shape index (κ2) is 7.12. The van der Waals surface area contributed by atoms with E-state index in [0.29, 0.717) is 16.3 Å². The van der Waals surface area contributed by atoms with E-state index in [0.717, 1.165) is 31.9 Å². The summed E-state index contributed by atoms with van der Waals surface area (Å²) in [5.74, 6) is 1.19. The van der Waals surface area contributed by atoms with Crippen LogP contribution < -0.4 is 5.56 Å². The van der Waals surface area contributed by atoms with E-state index in [9.17, 15) is 4.79 Å². The predicted octanol–water partition coefficient (Wildman–Crippen LogP) is 5.26. The summed E-state index contributed by atoms with van der Waals surface area (Å²) in [6, 6.07) is 10.4. The molecule has 28 heavy (non-hydrogen) atoms. The van der Waals surface area contributed by atoms with Gasteiger partial charge in [0.15, 0.2) is 0 Å². The largest absolute Gasteiger partial charge is 0.309 e. The van der Waals surface area contributed by atoms with Crippen molar-refractivity contribution in [2.45, 2.75) is 17.7 Å². The number of aromatic amines is 1. The van der Waals surface area contributed by atoms with Crippen LogP contribution >= 0.6 is 34.4 Å². The Balaban J connectivity index is 1.52. The van der Waals surface area contributed by atoms with Gasteiger partial charge in [-0.2, -0.15) is 0 Å². The maximum absolute atomic E-state index is 12.2. The summed E-state index contributed by atoms with van der Waals surface area (Å²) < 4.78 is 0.665. The number of benzene rings is 1. The molecule has 1 N–H and O–H groups in total. The van der Waals surface area contributed by atoms with Crippen LogP contribution in [0.3, 0.4) is 0 Å². The van der Waals surface area contributed by atoms with Gasteiger partial charge in [0.25, 0.3) is 5.56 Å². The zero-order valence-corrected chi connectivity index (χ0v) is 17.3. The van der Waals surface area contributed by atoms with Gasteiger partial charge in [0.05, 0.1) is 16.7 Å². The van der Waals surface area contributed by atoms with Crippen molar-refractivity contribution in [3.05, 3.63) is 69.2 Å². The van der Waals surface area contributed by atoms with Gasteiger partial charge >= 0.3 is 0 Å². The van der Waals surface area contributed by atoms with Gasteiger partial charge in [-0.1, -0.05) is 41.6 Å². The molecular weight excluding hydrogens is 408 g/mol. The number of fused-ring (bicyclic) bond motifs is 2. The number of thiophene rings is 2. The molecule has 0 atom stereocenters. The van der Waals surface area contributed by atoms with Gasteiger partial charge in [0, 0.05) is 10.9 Å². The number of nitrogens with zero attached hydrogens (tertiary/aromatic N) is 3. The topological polar surface area (TPSA) is 71.5 Å². The molecule has 0 radical (unpaired) electrons. The van der Waals surface area contributed by atoms with Crippen LogP contribution in [0.5, 0.6) is 0 Å². The minimum atomic E-state index is -0.0840. The first-order chi connectivity index (χ1) is 13.7. The Bertz CT molecular complexity index is 1350. The monoisotopic (exact) mass is 422 g/mol. The minimum Gasteiger partial charge on any atom is -0.309 e. The summed E-state index contributed by atoms with van der Waals surface area (Å²) in [6.07, 6.45) is 1.60. The van der Waals surface area contributed by atoms with Crippen molar-refractivity contribution in [1.29, 1.82) is 0 Å². The Labute approximate surface area is 172 Å². The molecule has 1 aromatic carbocycles. The van der Waals surface area contributed by atoms with E-state index in [2.05, 4.69) is 56.5 Å². The molecule has 5 aromatic rings. The average molecular weight is 423 g/mol. The van der Waals surface area contributed by atoms with Crippen LogP contribution in [0.1, 0.15) is 11.4 Å². The average Bonchev–Trinajstić information content (AvgIpc) is 3.34. The summed E-state index contributed by atoms with van der Waals surface area (Å²) in [6.45, 7) is 2.08. The Kier molecular flexibility index (Phi) is 4.46. The first-order valence-corrected chi connectivity index (χ1v) is 11.3. The maximum Gasteiger partial charge on any atom is 0.268 e. The van der Waals surface area contributed by atoms with Gasteiger partial charge in [-0.05, 0) is 23.9 Å². The van der Waals surface area contributed by atoms with E-state index in [4.69, 9.17) is 0 Å². The highest BCUT2D eigenvalue weighted by atomic mass is 32.2. The fourth-order valence-corrected chi connectivity index (χ4v) is 5.62. The Hall–Kier alpha value is -2.55. The van der Waals surface area contributed by atoms with Gasteiger partial charge in [0.2, 0.25) is 0 Å². The number of aryl methyl sites for hydroxylation is 1. The third-order valence-electron chi connectivity index (χ3n) is 4.41. The summed E-state index contributed by atoms with van der Waals surface area (Å²) in [7, 11) is 0. The zero-order chi connectivity index (χ0) is 19.1. The molecular formula is C20H14N4OS3. The molecule has 5 nitrogen and oxygen atoms in total. The SMILES string of the molecule is Cc1ccc(-c2csc3ncnc(SCc4nc5ccsc5c(=O)[nH]4)c23)cc1. The van der Waals surface area contributed by atoms with Crippen LogP contribution in [-0.2, 0) is 5.75 Å². The standard InChI is InChI=1S/C20H14N4OS3/c1-11-2-4-12(5-3-11)13-8-27-19-16(13)20(22-10-21-19)28-9-15-23-14-6-7-26-17(14)18(25)24-15/h2-8,10H,9H2,1H3,(H,23,24,25). The molecule has 0 spiro atoms. The van der Waals surface area contributed by atoms with Gasteiger partial charge in [-0.15, -0.1) is 22.7 Å². The minimum absolute atomic E-state index is 0.0840. The third-order valence-corrected chi connectivity index (χ3v) is 7.20. The summed E-state index contributed by atoms with van der Waals surface area (Å²) in [4.78, 5) is 29.5. The first kappa shape index (κ1) is 17.5. The molecule has 0 amide bonds. The van der Waals surface area contributed by atoms with E-state index in [1.165, 1.54) is 16.9 Å². The molecule has 4 heterocycles. The van der Waals surface area contributed by atoms with Crippen molar-refractivity contribution in [3.63, 3.8) is 0 Å². The molecule has 0 fully saturated rings. The Morgan fingerprint density at radius 2 is 1.96 bits per heavy atom. The predicted molar refractivity (Wildman–Crippen MR) is 117 cm³/mol. The number of aromatic nitrogens is 4. The maximum atomic E-state index is 12.2. The number of hydrogen-bond donors (Lipinski definition) is 1. The lowest BCUT2D eigenvalue weighted by Gasteiger charge is -2.06. The number of H-pyrrole nitrogens is 1. The first-order valence-electron chi connectivity index (χ1n) is 8.57.